The van der Waals surface area contributed by atoms with Crippen molar-refractivity contribution in [2.45, 2.75) is 12.8 Å². The fraction of sp³-hybridized carbons (Fsp3) is 0.632. The molecule has 3 rings (SSSR count). The number of nitrogens with zero attached hydrogens (tertiary/aromatic N) is 3. The van der Waals surface area contributed by atoms with Gasteiger partial charge in [0.25, 0.3) is 0 Å². The lowest BCUT2D eigenvalue weighted by Gasteiger charge is -2.37. The topological polar surface area (TPSA) is 48.7 Å². The Kier molecular flexibility index (Phi) is 6.48. The number of piperazine rings is 1. The Bertz CT molecular complexity index is 544. The predicted molar refractivity (Wildman–Crippen MR) is 93.1 cm³/mol. The molecular formula is C19H27N3O2. The minimum absolute atomic E-state index is 0.610. The van der Waals surface area contributed by atoms with E-state index in [9.17, 15) is 0 Å². The molecule has 5 heteroatoms. The van der Waals surface area contributed by atoms with Gasteiger partial charge in [0.2, 0.25) is 0 Å². The van der Waals surface area contributed by atoms with Crippen LogP contribution in [0, 0.1) is 17.2 Å². The molecule has 0 N–H and O–H groups in total. The van der Waals surface area contributed by atoms with E-state index in [-0.39, 0.29) is 0 Å². The summed E-state index contributed by atoms with van der Waals surface area (Å²) in [5, 5.41) is 9.08. The van der Waals surface area contributed by atoms with Gasteiger partial charge < -0.3 is 14.4 Å². The summed E-state index contributed by atoms with van der Waals surface area (Å²) in [5.41, 5.74) is 0.610. The van der Waals surface area contributed by atoms with E-state index >= 15 is 0 Å². The Morgan fingerprint density at radius 1 is 1.08 bits per heavy atom. The van der Waals surface area contributed by atoms with E-state index in [1.54, 1.807) is 6.07 Å². The minimum Gasteiger partial charge on any atom is -0.491 e. The van der Waals surface area contributed by atoms with Crippen LogP contribution in [0.3, 0.4) is 0 Å². The van der Waals surface area contributed by atoms with Gasteiger partial charge in [-0.1, -0.05) is 12.1 Å². The van der Waals surface area contributed by atoms with Crippen LogP contribution in [0.25, 0.3) is 0 Å². The monoisotopic (exact) mass is 329 g/mol. The zero-order valence-corrected chi connectivity index (χ0v) is 14.3. The smallest absolute Gasteiger partial charge is 0.137 e. The van der Waals surface area contributed by atoms with Crippen molar-refractivity contribution in [3.8, 4) is 11.8 Å². The van der Waals surface area contributed by atoms with Gasteiger partial charge >= 0.3 is 0 Å². The number of nitriles is 1. The van der Waals surface area contributed by atoms with Gasteiger partial charge in [0, 0.05) is 52.5 Å². The van der Waals surface area contributed by atoms with Gasteiger partial charge in [0.05, 0.1) is 5.56 Å². The summed E-state index contributed by atoms with van der Waals surface area (Å²) in [6, 6.07) is 9.61. The number of ether oxygens (including phenoxy) is 2. The third-order valence-electron chi connectivity index (χ3n) is 4.99. The van der Waals surface area contributed by atoms with Crippen LogP contribution in [-0.4, -0.2) is 68.9 Å². The maximum atomic E-state index is 9.08. The number of benzene rings is 1. The van der Waals surface area contributed by atoms with Crippen LogP contribution in [0.2, 0.25) is 0 Å². The molecule has 2 heterocycles. The second-order valence-corrected chi connectivity index (χ2v) is 6.65. The first-order valence-electron chi connectivity index (χ1n) is 8.99. The molecule has 130 valence electrons. The van der Waals surface area contributed by atoms with Crippen molar-refractivity contribution >= 4 is 0 Å². The lowest BCUT2D eigenvalue weighted by molar-refractivity contribution is 0.0409. The van der Waals surface area contributed by atoms with E-state index in [1.807, 2.05) is 18.2 Å². The highest BCUT2D eigenvalue weighted by molar-refractivity contribution is 5.42. The lowest BCUT2D eigenvalue weighted by atomic mass is 9.99. The number of hydrogen-bond acceptors (Lipinski definition) is 5. The van der Waals surface area contributed by atoms with E-state index in [0.717, 1.165) is 51.9 Å². The van der Waals surface area contributed by atoms with Crippen LogP contribution in [0.15, 0.2) is 24.3 Å². The molecule has 2 aliphatic heterocycles. The molecular weight excluding hydrogens is 302 g/mol. The molecule has 0 atom stereocenters. The van der Waals surface area contributed by atoms with Crippen LogP contribution in [0.1, 0.15) is 18.4 Å². The first-order valence-corrected chi connectivity index (χ1v) is 8.99. The predicted octanol–water partition coefficient (Wildman–Crippen LogP) is 1.98. The van der Waals surface area contributed by atoms with E-state index in [4.69, 9.17) is 14.7 Å². The van der Waals surface area contributed by atoms with E-state index < -0.39 is 0 Å². The van der Waals surface area contributed by atoms with E-state index in [1.165, 1.54) is 19.4 Å². The van der Waals surface area contributed by atoms with Gasteiger partial charge in [-0.05, 0) is 30.9 Å². The van der Waals surface area contributed by atoms with Crippen molar-refractivity contribution in [1.82, 2.24) is 9.80 Å². The molecule has 0 spiro atoms. The zero-order chi connectivity index (χ0) is 16.6. The van der Waals surface area contributed by atoms with Gasteiger partial charge in [0.1, 0.15) is 18.4 Å². The molecule has 0 unspecified atom stereocenters. The Labute approximate surface area is 144 Å². The summed E-state index contributed by atoms with van der Waals surface area (Å²) < 4.78 is 11.2. The minimum atomic E-state index is 0.610. The van der Waals surface area contributed by atoms with E-state index in [2.05, 4.69) is 15.9 Å². The van der Waals surface area contributed by atoms with Crippen molar-refractivity contribution in [2.24, 2.45) is 5.92 Å². The van der Waals surface area contributed by atoms with Gasteiger partial charge in [-0.3, -0.25) is 4.90 Å². The summed E-state index contributed by atoms with van der Waals surface area (Å²) in [5.74, 6) is 1.51. The van der Waals surface area contributed by atoms with Gasteiger partial charge in [-0.25, -0.2) is 0 Å². The fourth-order valence-electron chi connectivity index (χ4n) is 3.46. The van der Waals surface area contributed by atoms with E-state index in [0.29, 0.717) is 17.9 Å². The largest absolute Gasteiger partial charge is 0.491 e. The Morgan fingerprint density at radius 2 is 1.79 bits per heavy atom. The summed E-state index contributed by atoms with van der Waals surface area (Å²) in [6.07, 6.45) is 2.43. The molecule has 2 aliphatic rings. The van der Waals surface area contributed by atoms with Gasteiger partial charge in [-0.2, -0.15) is 5.26 Å². The van der Waals surface area contributed by atoms with Crippen molar-refractivity contribution in [3.63, 3.8) is 0 Å². The number of para-hydroxylation sites is 1. The van der Waals surface area contributed by atoms with Gasteiger partial charge in [0.15, 0.2) is 0 Å². The maximum absolute atomic E-state index is 9.08. The SMILES string of the molecule is N#Cc1ccccc1OCCN1CCN(CC2CCOCC2)CC1. The van der Waals surface area contributed by atoms with Crippen molar-refractivity contribution in [3.05, 3.63) is 29.8 Å². The summed E-state index contributed by atoms with van der Waals surface area (Å²) in [7, 11) is 0. The zero-order valence-electron chi connectivity index (χ0n) is 14.3. The molecule has 24 heavy (non-hydrogen) atoms. The maximum Gasteiger partial charge on any atom is 0.137 e. The fourth-order valence-corrected chi connectivity index (χ4v) is 3.46. The Hall–Kier alpha value is -1.61. The first kappa shape index (κ1) is 17.2. The quantitative estimate of drug-likeness (QED) is 0.799. The highest BCUT2D eigenvalue weighted by Crippen LogP contribution is 2.18. The molecule has 0 saturated carbocycles. The van der Waals surface area contributed by atoms with Crippen LogP contribution >= 0.6 is 0 Å². The molecule has 0 aliphatic carbocycles. The summed E-state index contributed by atoms with van der Waals surface area (Å²) >= 11 is 0. The Morgan fingerprint density at radius 3 is 2.54 bits per heavy atom. The number of rotatable bonds is 6. The lowest BCUT2D eigenvalue weighted by Crippen LogP contribution is -2.49. The molecule has 5 nitrogen and oxygen atoms in total. The molecule has 1 aromatic rings. The van der Waals surface area contributed by atoms with Crippen LogP contribution in [0.4, 0.5) is 0 Å². The third-order valence-corrected chi connectivity index (χ3v) is 4.99. The highest BCUT2D eigenvalue weighted by atomic mass is 16.5. The third kappa shape index (κ3) is 4.94. The molecule has 2 fully saturated rings. The molecule has 0 radical (unpaired) electrons. The normalized spacial score (nSPS) is 20.6. The second kappa shape index (κ2) is 9.03. The van der Waals surface area contributed by atoms with Gasteiger partial charge in [-0.15, -0.1) is 0 Å². The Balaban J connectivity index is 1.34. The molecule has 0 amide bonds. The molecule has 0 aromatic heterocycles. The van der Waals surface area contributed by atoms with Crippen LogP contribution < -0.4 is 4.74 Å². The second-order valence-electron chi connectivity index (χ2n) is 6.65. The number of hydrogen-bond donors (Lipinski definition) is 0. The molecule has 2 saturated heterocycles. The van der Waals surface area contributed by atoms with Crippen molar-refractivity contribution in [2.75, 3.05) is 59.1 Å². The first-order chi connectivity index (χ1) is 11.8. The van der Waals surface area contributed by atoms with Crippen molar-refractivity contribution in [1.29, 1.82) is 5.26 Å². The average molecular weight is 329 g/mol. The van der Waals surface area contributed by atoms with Crippen LogP contribution in [0.5, 0.6) is 5.75 Å². The summed E-state index contributed by atoms with van der Waals surface area (Å²) in [4.78, 5) is 5.05. The molecule has 0 bridgehead atoms. The summed E-state index contributed by atoms with van der Waals surface area (Å²) in [6.45, 7) is 9.16. The van der Waals surface area contributed by atoms with Crippen molar-refractivity contribution < 1.29 is 9.47 Å². The van der Waals surface area contributed by atoms with Crippen LogP contribution in [-0.2, 0) is 4.74 Å². The standard InChI is InChI=1S/C19H27N3O2/c20-15-18-3-1-2-4-19(18)24-14-11-21-7-9-22(10-8-21)16-17-5-12-23-13-6-17/h1-4,17H,5-14,16H2. The highest BCUT2D eigenvalue weighted by Gasteiger charge is 2.21. The molecule has 1 aromatic carbocycles. The average Bonchev–Trinajstić information content (AvgIpc) is 2.64.